The Labute approximate surface area is 239 Å². The third-order valence-corrected chi connectivity index (χ3v) is 4.88. The topological polar surface area (TPSA) is 97.6 Å². The Morgan fingerprint density at radius 1 is 1.13 bits per heavy atom. The monoisotopic (exact) mass is 542 g/mol. The van der Waals surface area contributed by atoms with Crippen LogP contribution in [0.2, 0.25) is 0 Å². The molecule has 0 radical (unpaired) electrons. The minimum atomic E-state index is -5.32. The molecule has 0 saturated heterocycles. The van der Waals surface area contributed by atoms with Gasteiger partial charge in [0.1, 0.15) is 0 Å². The summed E-state index contributed by atoms with van der Waals surface area (Å²) in [4.78, 5) is 29.2. The van der Waals surface area contributed by atoms with Crippen molar-refractivity contribution in [3.05, 3.63) is 108 Å². The zero-order chi connectivity index (χ0) is 38.8. The molecule has 8 nitrogen and oxygen atoms in total. The van der Waals surface area contributed by atoms with Gasteiger partial charge in [0, 0.05) is 57.0 Å². The molecule has 0 unspecified atom stereocenters. The smallest absolute Gasteiger partial charge is 0.324 e. The van der Waals surface area contributed by atoms with E-state index in [0.29, 0.717) is 5.69 Å². The van der Waals surface area contributed by atoms with Gasteiger partial charge in [-0.2, -0.15) is 13.2 Å². The Hall–Kier alpha value is -5.06. The number of halogens is 3. The van der Waals surface area contributed by atoms with E-state index in [1.165, 1.54) is 19.2 Å². The number of nitrogens with one attached hydrogen (secondary N) is 2. The van der Waals surface area contributed by atoms with Crippen LogP contribution in [0.5, 0.6) is 0 Å². The van der Waals surface area contributed by atoms with E-state index in [1.807, 2.05) is 5.32 Å². The van der Waals surface area contributed by atoms with Crippen LogP contribution in [0, 0.1) is 13.8 Å². The molecule has 0 spiro atoms. The Morgan fingerprint density at radius 2 is 2.00 bits per heavy atom. The highest BCUT2D eigenvalue weighted by atomic mass is 19.4. The van der Waals surface area contributed by atoms with Gasteiger partial charge in [-0.05, 0) is 67.7 Å². The fourth-order valence-corrected chi connectivity index (χ4v) is 3.14. The number of pyridine rings is 1. The highest BCUT2D eigenvalue weighted by Crippen LogP contribution is 2.33. The van der Waals surface area contributed by atoms with Crippen molar-refractivity contribution in [1.82, 2.24) is 24.5 Å². The average molecular weight is 543 g/mol. The van der Waals surface area contributed by atoms with E-state index < -0.39 is 119 Å². The number of nitrogens with zero attached hydrogens (tertiary/aromatic N) is 5. The molecule has 0 bridgehead atoms. The zero-order valence-corrected chi connectivity index (χ0v) is 19.6. The van der Waals surface area contributed by atoms with E-state index in [1.54, 1.807) is 0 Å². The van der Waals surface area contributed by atoms with Crippen LogP contribution in [0.25, 0.3) is 16.9 Å². The maximum Gasteiger partial charge on any atom is 0.416 e. The standard InChI is InChI=1S/C28H22F3N7O/c1-17-5-6-19(10-25(17)37-27-33-9-7-24(36-27)20-4-3-8-32-14-20)26(39)35-22-11-21(28(29,30)31)12-23(13-22)38-15-18(2)34-16-38/h3-16H,1-2H3,(H,35,39)(H,33,36,37)/i1D3,3D,4D,5D,6D,8D,10D,11D,12D,13D,14D. The maximum absolute atomic E-state index is 14.2. The normalized spacial score (nSPS) is 16.4. The molecule has 3 aromatic heterocycles. The summed E-state index contributed by atoms with van der Waals surface area (Å²) in [7, 11) is 0. The van der Waals surface area contributed by atoms with Crippen molar-refractivity contribution in [2.45, 2.75) is 20.0 Å². The number of carbonyl (C=O) groups is 1. The second-order valence-electron chi connectivity index (χ2n) is 7.70. The van der Waals surface area contributed by atoms with Crippen LogP contribution in [-0.4, -0.2) is 30.4 Å². The molecule has 0 aliphatic rings. The number of hydrogen-bond acceptors (Lipinski definition) is 6. The molecule has 3 heterocycles. The first kappa shape index (κ1) is 14.2. The quantitative estimate of drug-likeness (QED) is 0.259. The summed E-state index contributed by atoms with van der Waals surface area (Å²) >= 11 is 0. The number of rotatable bonds is 6. The predicted molar refractivity (Wildman–Crippen MR) is 141 cm³/mol. The van der Waals surface area contributed by atoms with Gasteiger partial charge in [0.2, 0.25) is 5.95 Å². The molecule has 5 aromatic rings. The van der Waals surface area contributed by atoms with Gasteiger partial charge in [0.25, 0.3) is 5.91 Å². The Bertz CT molecular complexity index is 2300. The van der Waals surface area contributed by atoms with Crippen LogP contribution in [0.1, 0.15) is 45.0 Å². The van der Waals surface area contributed by atoms with Crippen LogP contribution >= 0.6 is 0 Å². The number of hydrogen-bond donors (Lipinski definition) is 2. The molecule has 0 fully saturated rings. The van der Waals surface area contributed by atoms with E-state index in [2.05, 4.69) is 25.3 Å². The highest BCUT2D eigenvalue weighted by molar-refractivity contribution is 6.05. The van der Waals surface area contributed by atoms with Crippen LogP contribution in [0.4, 0.5) is 30.5 Å². The average Bonchev–Trinajstić information content (AvgIpc) is 3.45. The van der Waals surface area contributed by atoms with Crippen LogP contribution in [-0.2, 0) is 6.18 Å². The Kier molecular flexibility index (Phi) is 3.77. The summed E-state index contributed by atoms with van der Waals surface area (Å²) in [6, 6.07) is -7.06. The van der Waals surface area contributed by atoms with Gasteiger partial charge in [0.05, 0.1) is 37.0 Å². The van der Waals surface area contributed by atoms with Crippen molar-refractivity contribution < 1.29 is 35.8 Å². The summed E-state index contributed by atoms with van der Waals surface area (Å²) in [5.41, 5.74) is -6.67. The van der Waals surface area contributed by atoms with Crippen LogP contribution in [0.15, 0.2) is 85.5 Å². The third-order valence-electron chi connectivity index (χ3n) is 4.88. The number of aryl methyl sites for hydroxylation is 1. The van der Waals surface area contributed by atoms with E-state index in [-0.39, 0.29) is 11.3 Å². The van der Waals surface area contributed by atoms with Crippen molar-refractivity contribution in [3.63, 3.8) is 0 Å². The molecule has 2 N–H and O–H groups in total. The van der Waals surface area contributed by atoms with Gasteiger partial charge in [-0.1, -0.05) is 6.04 Å². The summed E-state index contributed by atoms with van der Waals surface area (Å²) in [6.07, 6.45) is -3.29. The van der Waals surface area contributed by atoms with E-state index in [0.717, 1.165) is 17.1 Å². The van der Waals surface area contributed by atoms with Crippen molar-refractivity contribution in [2.24, 2.45) is 0 Å². The van der Waals surface area contributed by atoms with E-state index in [9.17, 15) is 18.0 Å². The fourth-order valence-electron chi connectivity index (χ4n) is 3.14. The van der Waals surface area contributed by atoms with Crippen LogP contribution < -0.4 is 10.6 Å². The summed E-state index contributed by atoms with van der Waals surface area (Å²) in [5.74, 6) is -2.11. The SMILES string of the molecule is [2H]c1nc([2H])c(-c2ccnc(Nc3c([2H])c(C(=O)Nc4c([2H])c(-n5cnc(C)c5)c([2H])c(C(F)(F)F)c4[2H])c([2H])c([2H])c3C([2H])([2H])[2H])n2)c([2H])c1[2H]. The van der Waals surface area contributed by atoms with E-state index in [4.69, 9.17) is 17.8 Å². The molecular weight excluding hydrogens is 507 g/mol. The van der Waals surface area contributed by atoms with Gasteiger partial charge in [0.15, 0.2) is 0 Å². The number of aromatic nitrogens is 5. The molecule has 2 aromatic carbocycles. The summed E-state index contributed by atoms with van der Waals surface area (Å²) < 4.78 is 150. The van der Waals surface area contributed by atoms with Gasteiger partial charge in [-0.15, -0.1) is 0 Å². The number of benzene rings is 2. The molecule has 0 atom stereocenters. The van der Waals surface area contributed by atoms with Crippen molar-refractivity contribution in [2.75, 3.05) is 10.6 Å². The van der Waals surface area contributed by atoms with Gasteiger partial charge >= 0.3 is 6.18 Å². The van der Waals surface area contributed by atoms with Crippen molar-refractivity contribution in [1.29, 1.82) is 0 Å². The Morgan fingerprint density at radius 3 is 2.77 bits per heavy atom. The number of carbonyl (C=O) groups excluding carboxylic acids is 1. The first-order chi connectivity index (χ1) is 24.1. The summed E-state index contributed by atoms with van der Waals surface area (Å²) in [6.45, 7) is -1.74. The van der Waals surface area contributed by atoms with Gasteiger partial charge in [-0.3, -0.25) is 9.78 Å². The Balaban J connectivity index is 1.68. The summed E-state index contributed by atoms with van der Waals surface area (Å²) in [5, 5.41) is 4.33. The first-order valence-corrected chi connectivity index (χ1v) is 10.8. The van der Waals surface area contributed by atoms with E-state index >= 15 is 0 Å². The molecule has 0 aliphatic carbocycles. The zero-order valence-electron chi connectivity index (χ0n) is 32.6. The third kappa shape index (κ3) is 5.93. The molecule has 39 heavy (non-hydrogen) atoms. The molecule has 1 amide bonds. The number of imidazole rings is 1. The number of alkyl halides is 3. The lowest BCUT2D eigenvalue weighted by Gasteiger charge is -2.14. The fraction of sp³-hybridized carbons (Fsp3) is 0.107. The highest BCUT2D eigenvalue weighted by Gasteiger charge is 2.31. The number of amides is 1. The lowest BCUT2D eigenvalue weighted by atomic mass is 10.1. The molecule has 0 saturated carbocycles. The molecular formula is C28H22F3N7O. The lowest BCUT2D eigenvalue weighted by Crippen LogP contribution is -2.14. The second kappa shape index (κ2) is 10.4. The van der Waals surface area contributed by atoms with Crippen molar-refractivity contribution in [3.8, 4) is 16.9 Å². The van der Waals surface area contributed by atoms with Crippen LogP contribution in [0.3, 0.4) is 0 Å². The minimum absolute atomic E-state index is 0.204. The predicted octanol–water partition coefficient (Wildman–Crippen LogP) is 6.36. The molecule has 5 rings (SSSR count). The molecule has 11 heteroatoms. The van der Waals surface area contributed by atoms with Gasteiger partial charge in [-0.25, -0.2) is 15.0 Å². The van der Waals surface area contributed by atoms with Crippen molar-refractivity contribution >= 4 is 23.2 Å². The first-order valence-electron chi connectivity index (χ1n) is 17.3. The lowest BCUT2D eigenvalue weighted by molar-refractivity contribution is -0.137. The number of anilines is 3. The molecule has 0 aliphatic heterocycles. The maximum atomic E-state index is 14.2. The van der Waals surface area contributed by atoms with Gasteiger partial charge < -0.3 is 15.2 Å². The minimum Gasteiger partial charge on any atom is -0.324 e. The molecule has 196 valence electrons. The second-order valence-corrected chi connectivity index (χ2v) is 7.70. The largest absolute Gasteiger partial charge is 0.416 e.